The first-order valence-corrected chi connectivity index (χ1v) is 8.49. The molecule has 0 spiro atoms. The second kappa shape index (κ2) is 9.40. The molecule has 0 aromatic heterocycles. The lowest BCUT2D eigenvalue weighted by molar-refractivity contribution is 0.296. The summed E-state index contributed by atoms with van der Waals surface area (Å²) in [5, 5.41) is 6.71. The van der Waals surface area contributed by atoms with Crippen molar-refractivity contribution < 1.29 is 4.74 Å². The van der Waals surface area contributed by atoms with Crippen LogP contribution < -0.4 is 15.4 Å². The van der Waals surface area contributed by atoms with Gasteiger partial charge in [0, 0.05) is 25.7 Å². The number of hydrogen-bond donors (Lipinski definition) is 2. The van der Waals surface area contributed by atoms with Crippen LogP contribution in [0.1, 0.15) is 24.8 Å². The van der Waals surface area contributed by atoms with Gasteiger partial charge in [-0.1, -0.05) is 18.2 Å². The van der Waals surface area contributed by atoms with Crippen LogP contribution >= 0.6 is 0 Å². The maximum absolute atomic E-state index is 5.95. The first-order valence-electron chi connectivity index (χ1n) is 8.49. The number of ether oxygens (including phenoxy) is 1. The summed E-state index contributed by atoms with van der Waals surface area (Å²) >= 11 is 0. The zero-order chi connectivity index (χ0) is 16.5. The Kier molecular flexibility index (Phi) is 7.20. The molecule has 1 aromatic carbocycles. The van der Waals surface area contributed by atoms with Crippen molar-refractivity contribution in [1.29, 1.82) is 0 Å². The topological polar surface area (TPSA) is 48.9 Å². The van der Waals surface area contributed by atoms with Crippen LogP contribution in [0.3, 0.4) is 0 Å². The SMILES string of the molecule is CN=C(NCCCN(C)C)NCc1ccccc1OCC1CC1. The van der Waals surface area contributed by atoms with Crippen LogP contribution in [0.25, 0.3) is 0 Å². The summed E-state index contributed by atoms with van der Waals surface area (Å²) in [5.41, 5.74) is 1.17. The number of aliphatic imine (C=N–C) groups is 1. The van der Waals surface area contributed by atoms with E-state index in [-0.39, 0.29) is 0 Å². The van der Waals surface area contributed by atoms with Gasteiger partial charge in [-0.3, -0.25) is 4.99 Å². The molecule has 1 fully saturated rings. The molecule has 5 nitrogen and oxygen atoms in total. The van der Waals surface area contributed by atoms with Gasteiger partial charge in [-0.05, 0) is 51.9 Å². The molecular weight excluding hydrogens is 288 g/mol. The highest BCUT2D eigenvalue weighted by molar-refractivity contribution is 5.79. The van der Waals surface area contributed by atoms with E-state index in [1.165, 1.54) is 18.4 Å². The fraction of sp³-hybridized carbons (Fsp3) is 0.611. The Balaban J connectivity index is 1.76. The Morgan fingerprint density at radius 1 is 1.26 bits per heavy atom. The van der Waals surface area contributed by atoms with E-state index in [4.69, 9.17) is 4.74 Å². The molecule has 0 radical (unpaired) electrons. The molecule has 0 saturated heterocycles. The quantitative estimate of drug-likeness (QED) is 0.416. The molecule has 0 amide bonds. The summed E-state index contributed by atoms with van der Waals surface area (Å²) in [4.78, 5) is 6.46. The van der Waals surface area contributed by atoms with Gasteiger partial charge >= 0.3 is 0 Å². The second-order valence-corrected chi connectivity index (χ2v) is 6.37. The van der Waals surface area contributed by atoms with E-state index >= 15 is 0 Å². The summed E-state index contributed by atoms with van der Waals surface area (Å²) in [6, 6.07) is 8.23. The summed E-state index contributed by atoms with van der Waals surface area (Å²) < 4.78 is 5.95. The highest BCUT2D eigenvalue weighted by atomic mass is 16.5. The number of hydrogen-bond acceptors (Lipinski definition) is 3. The van der Waals surface area contributed by atoms with Crippen LogP contribution in [0.15, 0.2) is 29.3 Å². The van der Waals surface area contributed by atoms with E-state index in [1.54, 1.807) is 7.05 Å². The molecule has 2 rings (SSSR count). The molecule has 0 heterocycles. The lowest BCUT2D eigenvalue weighted by Gasteiger charge is -2.15. The summed E-state index contributed by atoms with van der Waals surface area (Å²) in [5.74, 6) is 2.58. The molecule has 1 aliphatic rings. The van der Waals surface area contributed by atoms with Gasteiger partial charge in [0.15, 0.2) is 5.96 Å². The molecule has 2 N–H and O–H groups in total. The second-order valence-electron chi connectivity index (χ2n) is 6.37. The average molecular weight is 318 g/mol. The van der Waals surface area contributed by atoms with Crippen LogP contribution in [-0.4, -0.2) is 51.7 Å². The third kappa shape index (κ3) is 6.91. The number of benzene rings is 1. The van der Waals surface area contributed by atoms with Crippen LogP contribution in [0.4, 0.5) is 0 Å². The predicted molar refractivity (Wildman–Crippen MR) is 96.0 cm³/mol. The van der Waals surface area contributed by atoms with Crippen LogP contribution in [0.5, 0.6) is 5.75 Å². The Hall–Kier alpha value is -1.75. The Morgan fingerprint density at radius 3 is 2.74 bits per heavy atom. The van der Waals surface area contributed by atoms with Crippen molar-refractivity contribution in [2.45, 2.75) is 25.8 Å². The average Bonchev–Trinajstić information content (AvgIpc) is 3.37. The van der Waals surface area contributed by atoms with Crippen molar-refractivity contribution in [3.8, 4) is 5.75 Å². The molecule has 1 aliphatic carbocycles. The van der Waals surface area contributed by atoms with Crippen molar-refractivity contribution in [3.05, 3.63) is 29.8 Å². The number of para-hydroxylation sites is 1. The van der Waals surface area contributed by atoms with Gasteiger partial charge in [0.25, 0.3) is 0 Å². The Labute approximate surface area is 140 Å². The van der Waals surface area contributed by atoms with Crippen molar-refractivity contribution >= 4 is 5.96 Å². The highest BCUT2D eigenvalue weighted by Crippen LogP contribution is 2.30. The largest absolute Gasteiger partial charge is 0.493 e. The van der Waals surface area contributed by atoms with E-state index in [9.17, 15) is 0 Å². The third-order valence-corrected chi connectivity index (χ3v) is 3.89. The van der Waals surface area contributed by atoms with E-state index in [0.29, 0.717) is 6.54 Å². The molecule has 128 valence electrons. The first kappa shape index (κ1) is 17.6. The van der Waals surface area contributed by atoms with Gasteiger partial charge in [-0.25, -0.2) is 0 Å². The maximum Gasteiger partial charge on any atom is 0.191 e. The van der Waals surface area contributed by atoms with Gasteiger partial charge in [-0.15, -0.1) is 0 Å². The van der Waals surface area contributed by atoms with Gasteiger partial charge in [0.1, 0.15) is 5.75 Å². The fourth-order valence-electron chi connectivity index (χ4n) is 2.28. The van der Waals surface area contributed by atoms with E-state index in [1.807, 2.05) is 18.2 Å². The third-order valence-electron chi connectivity index (χ3n) is 3.89. The Morgan fingerprint density at radius 2 is 2.04 bits per heavy atom. The minimum Gasteiger partial charge on any atom is -0.493 e. The molecule has 0 atom stereocenters. The minimum atomic E-state index is 0.716. The zero-order valence-corrected chi connectivity index (χ0v) is 14.6. The van der Waals surface area contributed by atoms with Gasteiger partial charge < -0.3 is 20.3 Å². The molecule has 1 aromatic rings. The number of nitrogens with zero attached hydrogens (tertiary/aromatic N) is 2. The van der Waals surface area contributed by atoms with Crippen LogP contribution in [0.2, 0.25) is 0 Å². The number of guanidine groups is 1. The van der Waals surface area contributed by atoms with Crippen molar-refractivity contribution in [2.75, 3.05) is 40.8 Å². The fourth-order valence-corrected chi connectivity index (χ4v) is 2.28. The molecule has 23 heavy (non-hydrogen) atoms. The lowest BCUT2D eigenvalue weighted by atomic mass is 10.2. The van der Waals surface area contributed by atoms with Gasteiger partial charge in [0.2, 0.25) is 0 Å². The van der Waals surface area contributed by atoms with E-state index in [0.717, 1.165) is 43.7 Å². The number of rotatable bonds is 9. The normalized spacial score (nSPS) is 14.9. The lowest BCUT2D eigenvalue weighted by Crippen LogP contribution is -2.38. The molecule has 5 heteroatoms. The molecular formula is C18H30N4O. The van der Waals surface area contributed by atoms with Crippen molar-refractivity contribution in [1.82, 2.24) is 15.5 Å². The van der Waals surface area contributed by atoms with Gasteiger partial charge in [0.05, 0.1) is 6.61 Å². The smallest absolute Gasteiger partial charge is 0.191 e. The molecule has 0 aliphatic heterocycles. The standard InChI is InChI=1S/C18H30N4O/c1-19-18(20-11-6-12-22(2)3)21-13-16-7-4-5-8-17(16)23-14-15-9-10-15/h4-5,7-8,15H,6,9-14H2,1-3H3,(H2,19,20,21). The summed E-state index contributed by atoms with van der Waals surface area (Å²) in [6.07, 6.45) is 3.71. The predicted octanol–water partition coefficient (Wildman–Crippen LogP) is 2.09. The first-order chi connectivity index (χ1) is 11.2. The van der Waals surface area contributed by atoms with E-state index in [2.05, 4.69) is 40.7 Å². The van der Waals surface area contributed by atoms with Crippen molar-refractivity contribution in [3.63, 3.8) is 0 Å². The van der Waals surface area contributed by atoms with Gasteiger partial charge in [-0.2, -0.15) is 0 Å². The van der Waals surface area contributed by atoms with Crippen molar-refractivity contribution in [2.24, 2.45) is 10.9 Å². The highest BCUT2D eigenvalue weighted by Gasteiger charge is 2.22. The zero-order valence-electron chi connectivity index (χ0n) is 14.6. The minimum absolute atomic E-state index is 0.716. The Bertz CT molecular complexity index is 498. The van der Waals surface area contributed by atoms with Crippen LogP contribution in [0, 0.1) is 5.92 Å². The molecule has 0 unspecified atom stereocenters. The summed E-state index contributed by atoms with van der Waals surface area (Å²) in [6.45, 7) is 3.54. The van der Waals surface area contributed by atoms with E-state index < -0.39 is 0 Å². The number of nitrogens with one attached hydrogen (secondary N) is 2. The van der Waals surface area contributed by atoms with Crippen LogP contribution in [-0.2, 0) is 6.54 Å². The summed E-state index contributed by atoms with van der Waals surface area (Å²) in [7, 11) is 5.98. The monoisotopic (exact) mass is 318 g/mol. The maximum atomic E-state index is 5.95. The molecule has 0 bridgehead atoms. The molecule has 1 saturated carbocycles.